The third-order valence-corrected chi connectivity index (χ3v) is 3.03. The zero-order valence-corrected chi connectivity index (χ0v) is 10.8. The number of nitrogens with zero attached hydrogens (tertiary/aromatic N) is 3. The van der Waals surface area contributed by atoms with E-state index in [2.05, 4.69) is 15.1 Å². The van der Waals surface area contributed by atoms with Gasteiger partial charge in [-0.25, -0.2) is 9.97 Å². The van der Waals surface area contributed by atoms with Gasteiger partial charge in [-0.1, -0.05) is 17.3 Å². The van der Waals surface area contributed by atoms with Crippen LogP contribution < -0.4 is 15.9 Å². The molecule has 0 amide bonds. The number of amidine groups is 1. The summed E-state index contributed by atoms with van der Waals surface area (Å²) in [7, 11) is -0.933. The first-order valence-electron chi connectivity index (χ1n) is 6.08. The smallest absolute Gasteiger partial charge is 0.437 e. The summed E-state index contributed by atoms with van der Waals surface area (Å²) in [6.45, 7) is 0.266. The first-order valence-corrected chi connectivity index (χ1v) is 6.08. The molecule has 0 unspecified atom stereocenters. The summed E-state index contributed by atoms with van der Waals surface area (Å²) in [5.41, 5.74) is 7.08. The summed E-state index contributed by atoms with van der Waals surface area (Å²) in [4.78, 5) is 8.00. The molecule has 0 radical (unpaired) electrons. The van der Waals surface area contributed by atoms with Crippen molar-refractivity contribution < 1.29 is 19.6 Å². The van der Waals surface area contributed by atoms with Gasteiger partial charge < -0.3 is 25.4 Å². The lowest BCUT2D eigenvalue weighted by atomic mass is 9.79. The van der Waals surface area contributed by atoms with Crippen LogP contribution in [0.4, 0.5) is 0 Å². The SMILES string of the molecule is N/C(=N\O)c1cnc(Oc2cccc3c2COB3O)cn1. The maximum absolute atomic E-state index is 9.64. The van der Waals surface area contributed by atoms with Crippen molar-refractivity contribution >= 4 is 18.4 Å². The largest absolute Gasteiger partial charge is 0.491 e. The molecule has 106 valence electrons. The second-order valence-electron chi connectivity index (χ2n) is 4.31. The van der Waals surface area contributed by atoms with Crippen LogP contribution in [0.3, 0.4) is 0 Å². The molecule has 3 rings (SSSR count). The Labute approximate surface area is 120 Å². The Morgan fingerprint density at radius 1 is 1.38 bits per heavy atom. The number of fused-ring (bicyclic) bond motifs is 1. The van der Waals surface area contributed by atoms with Gasteiger partial charge in [0, 0.05) is 5.56 Å². The number of oxime groups is 1. The first kappa shape index (κ1) is 13.3. The number of rotatable bonds is 3. The van der Waals surface area contributed by atoms with Crippen LogP contribution in [0.25, 0.3) is 0 Å². The fourth-order valence-electron chi connectivity index (χ4n) is 1.98. The van der Waals surface area contributed by atoms with Crippen LogP contribution >= 0.6 is 0 Å². The van der Waals surface area contributed by atoms with E-state index < -0.39 is 7.12 Å². The molecular weight excluding hydrogens is 275 g/mol. The van der Waals surface area contributed by atoms with E-state index in [1.165, 1.54) is 12.4 Å². The standard InChI is InChI=1S/C12H11BN4O4/c14-12(17-19)9-4-16-11(5-15-9)21-10-3-1-2-8-7(10)6-20-13(8)18/h1-5,18-19H,6H2,(H2,14,17). The van der Waals surface area contributed by atoms with Crippen molar-refractivity contribution in [2.45, 2.75) is 6.61 Å². The quantitative estimate of drug-likeness (QED) is 0.230. The molecule has 9 heteroatoms. The minimum atomic E-state index is -0.933. The molecule has 0 saturated heterocycles. The Hall–Kier alpha value is -2.65. The molecule has 1 aromatic heterocycles. The van der Waals surface area contributed by atoms with Crippen molar-refractivity contribution in [3.05, 3.63) is 41.9 Å². The average Bonchev–Trinajstić information content (AvgIpc) is 2.90. The van der Waals surface area contributed by atoms with Gasteiger partial charge in [0.15, 0.2) is 5.84 Å². The molecule has 21 heavy (non-hydrogen) atoms. The topological polar surface area (TPSA) is 123 Å². The van der Waals surface area contributed by atoms with E-state index in [4.69, 9.17) is 20.3 Å². The van der Waals surface area contributed by atoms with Crippen LogP contribution in [-0.4, -0.2) is 33.2 Å². The third-order valence-electron chi connectivity index (χ3n) is 3.03. The summed E-state index contributed by atoms with van der Waals surface area (Å²) < 4.78 is 10.8. The van der Waals surface area contributed by atoms with Crippen LogP contribution in [0.1, 0.15) is 11.3 Å². The van der Waals surface area contributed by atoms with Crippen molar-refractivity contribution in [1.82, 2.24) is 9.97 Å². The van der Waals surface area contributed by atoms with Gasteiger partial charge >= 0.3 is 7.12 Å². The Balaban J connectivity index is 1.85. The van der Waals surface area contributed by atoms with Gasteiger partial charge in [0.2, 0.25) is 5.88 Å². The third kappa shape index (κ3) is 2.51. The molecule has 1 aliphatic rings. The van der Waals surface area contributed by atoms with Crippen LogP contribution in [0.2, 0.25) is 0 Å². The number of hydrogen-bond acceptors (Lipinski definition) is 7. The van der Waals surface area contributed by atoms with Gasteiger partial charge in [-0.15, -0.1) is 0 Å². The van der Waals surface area contributed by atoms with E-state index in [1.54, 1.807) is 18.2 Å². The molecule has 2 aromatic rings. The zero-order valence-electron chi connectivity index (χ0n) is 10.8. The number of ether oxygens (including phenoxy) is 1. The average molecular weight is 286 g/mol. The van der Waals surface area contributed by atoms with Crippen molar-refractivity contribution in [2.24, 2.45) is 10.9 Å². The van der Waals surface area contributed by atoms with E-state index in [0.29, 0.717) is 11.2 Å². The molecule has 0 saturated carbocycles. The van der Waals surface area contributed by atoms with Crippen LogP contribution in [0, 0.1) is 0 Å². The van der Waals surface area contributed by atoms with Gasteiger partial charge in [-0.2, -0.15) is 0 Å². The van der Waals surface area contributed by atoms with Gasteiger partial charge in [-0.3, -0.25) is 0 Å². The molecule has 1 aliphatic heterocycles. The molecule has 0 spiro atoms. The number of hydrogen-bond donors (Lipinski definition) is 3. The van der Waals surface area contributed by atoms with E-state index in [1.807, 2.05) is 0 Å². The summed E-state index contributed by atoms with van der Waals surface area (Å²) in [5, 5.41) is 21.0. The minimum Gasteiger partial charge on any atom is -0.437 e. The number of nitrogens with two attached hydrogens (primary N) is 1. The lowest BCUT2D eigenvalue weighted by molar-refractivity contribution is 0.272. The Kier molecular flexibility index (Phi) is 3.42. The predicted molar refractivity (Wildman–Crippen MR) is 73.5 cm³/mol. The molecule has 0 aliphatic carbocycles. The van der Waals surface area contributed by atoms with Crippen LogP contribution in [-0.2, 0) is 11.3 Å². The molecule has 0 fully saturated rings. The summed E-state index contributed by atoms with van der Waals surface area (Å²) in [6.07, 6.45) is 2.69. The highest BCUT2D eigenvalue weighted by atomic mass is 16.5. The van der Waals surface area contributed by atoms with Gasteiger partial charge in [0.1, 0.15) is 11.4 Å². The molecule has 0 bridgehead atoms. The summed E-state index contributed by atoms with van der Waals surface area (Å²) in [6, 6.07) is 5.27. The minimum absolute atomic E-state index is 0.133. The van der Waals surface area contributed by atoms with Gasteiger partial charge in [0.05, 0.1) is 19.0 Å². The normalized spacial score (nSPS) is 14.1. The first-order chi connectivity index (χ1) is 10.2. The highest BCUT2D eigenvalue weighted by Crippen LogP contribution is 2.26. The molecule has 0 atom stereocenters. The summed E-state index contributed by atoms with van der Waals surface area (Å²) >= 11 is 0. The predicted octanol–water partition coefficient (Wildman–Crippen LogP) is -0.419. The van der Waals surface area contributed by atoms with E-state index in [-0.39, 0.29) is 24.0 Å². The fourth-order valence-corrected chi connectivity index (χ4v) is 1.98. The monoisotopic (exact) mass is 286 g/mol. The lowest BCUT2D eigenvalue weighted by Gasteiger charge is -2.08. The van der Waals surface area contributed by atoms with Crippen LogP contribution in [0.5, 0.6) is 11.6 Å². The molecule has 1 aromatic carbocycles. The van der Waals surface area contributed by atoms with E-state index >= 15 is 0 Å². The highest BCUT2D eigenvalue weighted by Gasteiger charge is 2.29. The van der Waals surface area contributed by atoms with E-state index in [9.17, 15) is 5.02 Å². The Morgan fingerprint density at radius 2 is 2.24 bits per heavy atom. The lowest BCUT2D eigenvalue weighted by Crippen LogP contribution is -2.27. The molecular formula is C12H11BN4O4. The van der Waals surface area contributed by atoms with Gasteiger partial charge in [0.25, 0.3) is 0 Å². The van der Waals surface area contributed by atoms with Crippen molar-refractivity contribution in [2.75, 3.05) is 0 Å². The molecule has 8 nitrogen and oxygen atoms in total. The van der Waals surface area contributed by atoms with Crippen LogP contribution in [0.15, 0.2) is 35.7 Å². The van der Waals surface area contributed by atoms with Crippen molar-refractivity contribution in [1.29, 1.82) is 0 Å². The molecule has 4 N–H and O–H groups in total. The maximum Gasteiger partial charge on any atom is 0.491 e. The maximum atomic E-state index is 9.64. The second kappa shape index (κ2) is 5.39. The van der Waals surface area contributed by atoms with E-state index in [0.717, 1.165) is 5.56 Å². The molecule has 2 heterocycles. The Bertz CT molecular complexity index is 692. The van der Waals surface area contributed by atoms with Crippen molar-refractivity contribution in [3.63, 3.8) is 0 Å². The van der Waals surface area contributed by atoms with Gasteiger partial charge in [-0.05, 0) is 11.5 Å². The summed E-state index contributed by atoms with van der Waals surface area (Å²) in [5.74, 6) is 0.653. The highest BCUT2D eigenvalue weighted by molar-refractivity contribution is 6.61. The van der Waals surface area contributed by atoms with Crippen molar-refractivity contribution in [3.8, 4) is 11.6 Å². The zero-order chi connectivity index (χ0) is 14.8. The number of aromatic nitrogens is 2. The second-order valence-corrected chi connectivity index (χ2v) is 4.31. The Morgan fingerprint density at radius 3 is 2.95 bits per heavy atom. The fraction of sp³-hybridized carbons (Fsp3) is 0.0833. The number of benzene rings is 1.